The van der Waals surface area contributed by atoms with E-state index in [9.17, 15) is 13.2 Å². The molecular weight excluding hydrogens is 340 g/mol. The van der Waals surface area contributed by atoms with Crippen LogP contribution >= 0.6 is 0 Å². The summed E-state index contributed by atoms with van der Waals surface area (Å²) in [6.07, 6.45) is 1.71. The molecule has 7 nitrogen and oxygen atoms in total. The highest BCUT2D eigenvalue weighted by Gasteiger charge is 2.17. The fourth-order valence-electron chi connectivity index (χ4n) is 2.12. The number of pyridine rings is 1. The maximum atomic E-state index is 12.4. The van der Waals surface area contributed by atoms with Gasteiger partial charge in [0, 0.05) is 24.7 Å². The molecule has 0 spiro atoms. The highest BCUT2D eigenvalue weighted by atomic mass is 32.2. The minimum atomic E-state index is -3.76. The minimum Gasteiger partial charge on any atom is -0.344 e. The predicted octanol–water partition coefficient (Wildman–Crippen LogP) is 1.76. The van der Waals surface area contributed by atoms with Crippen LogP contribution in [0.5, 0.6) is 0 Å². The number of nitrogens with zero attached hydrogens (tertiary/aromatic N) is 2. The summed E-state index contributed by atoms with van der Waals surface area (Å²) in [5.74, 6) is -0.396. The van der Waals surface area contributed by atoms with Gasteiger partial charge in [0.15, 0.2) is 0 Å². The lowest BCUT2D eigenvalue weighted by molar-refractivity contribution is 0.0939. The first kappa shape index (κ1) is 18.6. The second-order valence-electron chi connectivity index (χ2n) is 5.28. The molecule has 25 heavy (non-hydrogen) atoms. The van der Waals surface area contributed by atoms with Gasteiger partial charge in [-0.05, 0) is 37.3 Å². The van der Waals surface area contributed by atoms with E-state index in [1.807, 2.05) is 12.1 Å². The summed E-state index contributed by atoms with van der Waals surface area (Å²) in [6, 6.07) is 12.7. The van der Waals surface area contributed by atoms with E-state index in [-0.39, 0.29) is 29.5 Å². The highest BCUT2D eigenvalue weighted by molar-refractivity contribution is 7.89. The molecule has 130 valence electrons. The van der Waals surface area contributed by atoms with Gasteiger partial charge in [0.2, 0.25) is 10.0 Å². The average Bonchev–Trinajstić information content (AvgIpc) is 2.62. The molecule has 0 aliphatic rings. The van der Waals surface area contributed by atoms with Crippen LogP contribution in [0.15, 0.2) is 53.6 Å². The molecule has 2 rings (SSSR count). The lowest BCUT2D eigenvalue weighted by Gasteiger charge is -2.14. The standard InChI is InChI=1S/C17H18N4O3S/c1-13(16-8-2-3-10-19-16)21-17(22)14-6-4-7-15(12-14)25(23,24)20-11-5-9-18/h2-4,6-8,10,12-13,20H,5,11H2,1H3,(H,21,22)/t13-/m0/s1. The Kier molecular flexibility index (Phi) is 6.22. The fraction of sp³-hybridized carbons (Fsp3) is 0.235. The summed E-state index contributed by atoms with van der Waals surface area (Å²) in [5.41, 5.74) is 0.934. The minimum absolute atomic E-state index is 0.0198. The molecule has 1 aromatic carbocycles. The fourth-order valence-corrected chi connectivity index (χ4v) is 3.19. The zero-order valence-electron chi connectivity index (χ0n) is 13.6. The topological polar surface area (TPSA) is 112 Å². The van der Waals surface area contributed by atoms with Crippen LogP contribution in [0, 0.1) is 11.3 Å². The average molecular weight is 358 g/mol. The Balaban J connectivity index is 2.12. The van der Waals surface area contributed by atoms with Crippen molar-refractivity contribution in [3.05, 3.63) is 59.9 Å². The third-order valence-electron chi connectivity index (χ3n) is 3.41. The highest BCUT2D eigenvalue weighted by Crippen LogP contribution is 2.14. The van der Waals surface area contributed by atoms with Crippen LogP contribution in [-0.2, 0) is 10.0 Å². The van der Waals surface area contributed by atoms with Crippen molar-refractivity contribution in [1.29, 1.82) is 5.26 Å². The summed E-state index contributed by atoms with van der Waals surface area (Å²) < 4.78 is 26.6. The molecule has 2 aromatic rings. The number of hydrogen-bond donors (Lipinski definition) is 2. The third kappa shape index (κ3) is 5.11. The monoisotopic (exact) mass is 358 g/mol. The Hall–Kier alpha value is -2.76. The van der Waals surface area contributed by atoms with Crippen LogP contribution in [0.1, 0.15) is 35.4 Å². The van der Waals surface area contributed by atoms with E-state index in [1.54, 1.807) is 25.3 Å². The predicted molar refractivity (Wildman–Crippen MR) is 92.0 cm³/mol. The van der Waals surface area contributed by atoms with Crippen LogP contribution < -0.4 is 10.0 Å². The lowest BCUT2D eigenvalue weighted by atomic mass is 10.1. The Morgan fingerprint density at radius 1 is 1.28 bits per heavy atom. The van der Waals surface area contributed by atoms with Gasteiger partial charge in [-0.2, -0.15) is 5.26 Å². The summed E-state index contributed by atoms with van der Waals surface area (Å²) in [6.45, 7) is 1.82. The van der Waals surface area contributed by atoms with Crippen LogP contribution in [0.25, 0.3) is 0 Å². The summed E-state index contributed by atoms with van der Waals surface area (Å²) in [7, 11) is -3.76. The van der Waals surface area contributed by atoms with Gasteiger partial charge in [0.1, 0.15) is 0 Å². The maximum absolute atomic E-state index is 12.4. The SMILES string of the molecule is C[C@H](NC(=O)c1cccc(S(=O)(=O)NCCC#N)c1)c1ccccn1. The number of aromatic nitrogens is 1. The first-order chi connectivity index (χ1) is 11.9. The van der Waals surface area contributed by atoms with E-state index in [0.29, 0.717) is 5.69 Å². The number of carbonyl (C=O) groups excluding carboxylic acids is 1. The molecule has 0 unspecified atom stereocenters. The molecule has 8 heteroatoms. The van der Waals surface area contributed by atoms with Crippen molar-refractivity contribution >= 4 is 15.9 Å². The summed E-state index contributed by atoms with van der Waals surface area (Å²) in [5, 5.41) is 11.3. The Labute approximate surface area is 146 Å². The van der Waals surface area contributed by atoms with Gasteiger partial charge >= 0.3 is 0 Å². The summed E-state index contributed by atoms with van der Waals surface area (Å²) in [4.78, 5) is 16.5. The van der Waals surface area contributed by atoms with Gasteiger partial charge < -0.3 is 5.32 Å². The molecular formula is C17H18N4O3S. The first-order valence-corrected chi connectivity index (χ1v) is 9.11. The van der Waals surface area contributed by atoms with Gasteiger partial charge in [-0.15, -0.1) is 0 Å². The van der Waals surface area contributed by atoms with Crippen molar-refractivity contribution < 1.29 is 13.2 Å². The van der Waals surface area contributed by atoms with Crippen LogP contribution in [0.3, 0.4) is 0 Å². The van der Waals surface area contributed by atoms with Crippen molar-refractivity contribution in [2.75, 3.05) is 6.54 Å². The number of hydrogen-bond acceptors (Lipinski definition) is 5. The van der Waals surface area contributed by atoms with Gasteiger partial charge in [-0.1, -0.05) is 12.1 Å². The molecule has 1 amide bonds. The molecule has 2 N–H and O–H groups in total. The quantitative estimate of drug-likeness (QED) is 0.733. The third-order valence-corrected chi connectivity index (χ3v) is 4.87. The molecule has 0 saturated carbocycles. The summed E-state index contributed by atoms with van der Waals surface area (Å²) >= 11 is 0. The van der Waals surface area contributed by atoms with Gasteiger partial charge in [0.25, 0.3) is 5.91 Å². The van der Waals surface area contributed by atoms with E-state index in [0.717, 1.165) is 0 Å². The maximum Gasteiger partial charge on any atom is 0.251 e. The number of rotatable bonds is 7. The lowest BCUT2D eigenvalue weighted by Crippen LogP contribution is -2.28. The van der Waals surface area contributed by atoms with Gasteiger partial charge in [-0.25, -0.2) is 13.1 Å². The van der Waals surface area contributed by atoms with E-state index in [1.165, 1.54) is 24.3 Å². The second-order valence-corrected chi connectivity index (χ2v) is 7.05. The van der Waals surface area contributed by atoms with Crippen molar-refractivity contribution in [2.45, 2.75) is 24.3 Å². The van der Waals surface area contributed by atoms with E-state index in [4.69, 9.17) is 5.26 Å². The molecule has 0 saturated heterocycles. The number of benzene rings is 1. The number of carbonyl (C=O) groups is 1. The van der Waals surface area contributed by atoms with Crippen molar-refractivity contribution in [3.63, 3.8) is 0 Å². The van der Waals surface area contributed by atoms with Crippen LogP contribution in [0.4, 0.5) is 0 Å². The van der Waals surface area contributed by atoms with Gasteiger partial charge in [0.05, 0.1) is 22.7 Å². The molecule has 0 radical (unpaired) electrons. The van der Waals surface area contributed by atoms with E-state index >= 15 is 0 Å². The molecule has 0 fully saturated rings. The Morgan fingerprint density at radius 2 is 2.08 bits per heavy atom. The largest absolute Gasteiger partial charge is 0.344 e. The Morgan fingerprint density at radius 3 is 2.76 bits per heavy atom. The van der Waals surface area contributed by atoms with Crippen LogP contribution in [0.2, 0.25) is 0 Å². The molecule has 0 aliphatic carbocycles. The normalized spacial score (nSPS) is 12.2. The molecule has 0 bridgehead atoms. The van der Waals surface area contributed by atoms with Gasteiger partial charge in [-0.3, -0.25) is 9.78 Å². The number of amides is 1. The smallest absolute Gasteiger partial charge is 0.251 e. The zero-order chi connectivity index (χ0) is 18.3. The number of sulfonamides is 1. The van der Waals surface area contributed by atoms with Crippen LogP contribution in [-0.4, -0.2) is 25.9 Å². The molecule has 1 atom stereocenters. The number of nitrogens with one attached hydrogen (secondary N) is 2. The second kappa shape index (κ2) is 8.37. The first-order valence-electron chi connectivity index (χ1n) is 7.62. The molecule has 0 aliphatic heterocycles. The van der Waals surface area contributed by atoms with E-state index in [2.05, 4.69) is 15.0 Å². The van der Waals surface area contributed by atoms with E-state index < -0.39 is 15.9 Å². The molecule has 1 heterocycles. The van der Waals surface area contributed by atoms with Crippen molar-refractivity contribution in [2.24, 2.45) is 0 Å². The Bertz CT molecular complexity index is 876. The van der Waals surface area contributed by atoms with Crippen molar-refractivity contribution in [1.82, 2.24) is 15.0 Å². The zero-order valence-corrected chi connectivity index (χ0v) is 14.5. The molecule has 1 aromatic heterocycles. The number of nitriles is 1. The van der Waals surface area contributed by atoms with Crippen molar-refractivity contribution in [3.8, 4) is 6.07 Å².